The average Bonchev–Trinajstić information content (AvgIpc) is 3.08. The van der Waals surface area contributed by atoms with Crippen molar-refractivity contribution in [1.29, 1.82) is 0 Å². The minimum atomic E-state index is -3.89. The number of hydrogen-bond acceptors (Lipinski definition) is 8. The normalized spacial score (nSPS) is 12.6. The molecule has 0 bridgehead atoms. The maximum absolute atomic E-state index is 12.6. The van der Waals surface area contributed by atoms with E-state index in [0.717, 1.165) is 0 Å². The van der Waals surface area contributed by atoms with Crippen LogP contribution in [0.3, 0.4) is 0 Å². The molecule has 0 aliphatic rings. The number of hydrogen-bond donors (Lipinski definition) is 1. The highest BCUT2D eigenvalue weighted by Crippen LogP contribution is 2.17. The van der Waals surface area contributed by atoms with Gasteiger partial charge in [0.15, 0.2) is 12.4 Å². The van der Waals surface area contributed by atoms with Crippen molar-refractivity contribution >= 4 is 27.8 Å². The Morgan fingerprint density at radius 1 is 1.33 bits per heavy atom. The van der Waals surface area contributed by atoms with Crippen molar-refractivity contribution in [3.63, 3.8) is 0 Å². The van der Waals surface area contributed by atoms with Gasteiger partial charge in [-0.2, -0.15) is 16.5 Å². The van der Waals surface area contributed by atoms with Crippen LogP contribution in [0.25, 0.3) is 0 Å². The van der Waals surface area contributed by atoms with Crippen molar-refractivity contribution in [2.45, 2.75) is 30.9 Å². The van der Waals surface area contributed by atoms with Gasteiger partial charge in [0.1, 0.15) is 11.8 Å². The number of aryl methyl sites for hydroxylation is 1. The smallest absolute Gasteiger partial charge is 0.324 e. The number of nitrogens with one attached hydrogen (secondary N) is 1. The zero-order valence-corrected chi connectivity index (χ0v) is 16.9. The van der Waals surface area contributed by atoms with Crippen LogP contribution in [0.15, 0.2) is 39.8 Å². The summed E-state index contributed by atoms with van der Waals surface area (Å²) >= 11 is 1.50. The third kappa shape index (κ3) is 6.26. The highest BCUT2D eigenvalue weighted by molar-refractivity contribution is 7.98. The lowest BCUT2D eigenvalue weighted by molar-refractivity contribution is -0.147. The van der Waals surface area contributed by atoms with Crippen LogP contribution in [0.1, 0.15) is 17.9 Å². The molecule has 0 radical (unpaired) electrons. The van der Waals surface area contributed by atoms with Crippen molar-refractivity contribution in [3.05, 3.63) is 41.8 Å². The zero-order chi connectivity index (χ0) is 19.9. The molecule has 1 heterocycles. The first kappa shape index (κ1) is 21.3. The fourth-order valence-electron chi connectivity index (χ4n) is 2.20. The first-order valence-corrected chi connectivity index (χ1v) is 11.0. The molecule has 0 fully saturated rings. The molecule has 0 spiro atoms. The van der Waals surface area contributed by atoms with E-state index in [1.54, 1.807) is 13.0 Å². The molecule has 2 aromatic rings. The Morgan fingerprint density at radius 2 is 2.04 bits per heavy atom. The van der Waals surface area contributed by atoms with Crippen molar-refractivity contribution in [1.82, 2.24) is 9.88 Å². The van der Waals surface area contributed by atoms with Crippen LogP contribution in [0.2, 0.25) is 0 Å². The van der Waals surface area contributed by atoms with E-state index in [2.05, 4.69) is 9.88 Å². The van der Waals surface area contributed by atoms with Crippen LogP contribution in [-0.4, -0.2) is 44.7 Å². The second-order valence-electron chi connectivity index (χ2n) is 5.67. The predicted octanol–water partition coefficient (Wildman–Crippen LogP) is 2.14. The van der Waals surface area contributed by atoms with Crippen LogP contribution in [-0.2, 0) is 26.2 Å². The van der Waals surface area contributed by atoms with E-state index in [1.165, 1.54) is 43.1 Å². The second-order valence-corrected chi connectivity index (χ2v) is 8.37. The largest absolute Gasteiger partial charge is 0.497 e. The third-order valence-corrected chi connectivity index (χ3v) is 5.73. The number of sulfonamides is 1. The number of aromatic nitrogens is 1. The van der Waals surface area contributed by atoms with Crippen molar-refractivity contribution in [3.8, 4) is 5.75 Å². The maximum Gasteiger partial charge on any atom is 0.324 e. The number of thioether (sulfide) groups is 1. The van der Waals surface area contributed by atoms with E-state index >= 15 is 0 Å². The van der Waals surface area contributed by atoms with E-state index in [1.807, 2.05) is 6.26 Å². The molecule has 148 valence electrons. The lowest BCUT2D eigenvalue weighted by Gasteiger charge is -2.17. The molecule has 2 rings (SSSR count). The van der Waals surface area contributed by atoms with E-state index in [0.29, 0.717) is 29.4 Å². The average molecular weight is 415 g/mol. The number of methoxy groups -OCH3 is 1. The van der Waals surface area contributed by atoms with Gasteiger partial charge in [-0.25, -0.2) is 8.42 Å². The molecule has 0 aliphatic heterocycles. The number of nitrogens with zero attached hydrogens (tertiary/aromatic N) is 1. The van der Waals surface area contributed by atoms with Gasteiger partial charge in [0.2, 0.25) is 10.0 Å². The number of carbonyl (C=O) groups excluding carboxylic acids is 1. The van der Waals surface area contributed by atoms with Gasteiger partial charge >= 0.3 is 5.97 Å². The summed E-state index contributed by atoms with van der Waals surface area (Å²) in [5, 5.41) is 3.71. The van der Waals surface area contributed by atoms with Crippen LogP contribution in [0.4, 0.5) is 0 Å². The topological polar surface area (TPSA) is 108 Å². The summed E-state index contributed by atoms with van der Waals surface area (Å²) in [4.78, 5) is 12.4. The maximum atomic E-state index is 12.6. The van der Waals surface area contributed by atoms with Gasteiger partial charge in [-0.05, 0) is 49.6 Å². The van der Waals surface area contributed by atoms with Gasteiger partial charge in [0.25, 0.3) is 0 Å². The molecule has 0 saturated carbocycles. The Hall–Kier alpha value is -2.04. The molecule has 8 nitrogen and oxygen atoms in total. The molecule has 1 atom stereocenters. The second kappa shape index (κ2) is 9.77. The number of esters is 1. The Balaban J connectivity index is 2.07. The van der Waals surface area contributed by atoms with Gasteiger partial charge in [0, 0.05) is 6.07 Å². The fraction of sp³-hybridized carbons (Fsp3) is 0.412. The van der Waals surface area contributed by atoms with Gasteiger partial charge in [-0.15, -0.1) is 0 Å². The zero-order valence-electron chi connectivity index (χ0n) is 15.3. The van der Waals surface area contributed by atoms with Crippen LogP contribution < -0.4 is 9.46 Å². The van der Waals surface area contributed by atoms with Gasteiger partial charge in [0.05, 0.1) is 17.7 Å². The molecule has 1 aromatic heterocycles. The molecule has 1 unspecified atom stereocenters. The minimum Gasteiger partial charge on any atom is -0.497 e. The lowest BCUT2D eigenvalue weighted by Crippen LogP contribution is -2.42. The van der Waals surface area contributed by atoms with Crippen molar-refractivity contribution in [2.75, 3.05) is 19.1 Å². The molecule has 27 heavy (non-hydrogen) atoms. The molecular weight excluding hydrogens is 392 g/mol. The molecule has 0 saturated heterocycles. The highest BCUT2D eigenvalue weighted by atomic mass is 32.2. The lowest BCUT2D eigenvalue weighted by atomic mass is 10.2. The molecular formula is C17H22N2O6S2. The third-order valence-electron chi connectivity index (χ3n) is 3.60. The number of carbonyl (C=O) groups is 1. The molecule has 0 amide bonds. The Morgan fingerprint density at radius 3 is 2.59 bits per heavy atom. The Bertz CT molecular complexity index is 849. The summed E-state index contributed by atoms with van der Waals surface area (Å²) in [6, 6.07) is 6.54. The highest BCUT2D eigenvalue weighted by Gasteiger charge is 2.27. The summed E-state index contributed by atoms with van der Waals surface area (Å²) in [7, 11) is -2.40. The standard InChI is InChI=1S/C17H22N2O6S2/c1-12-10-14(25-18-12)11-24-17(20)16(8-9-26-3)19-27(21,22)15-6-4-13(23-2)5-7-15/h4-7,10,16,19H,8-9,11H2,1-3H3. The van der Waals surface area contributed by atoms with Crippen LogP contribution >= 0.6 is 11.8 Å². The quantitative estimate of drug-likeness (QED) is 0.589. The van der Waals surface area contributed by atoms with E-state index in [9.17, 15) is 13.2 Å². The predicted molar refractivity (Wildman–Crippen MR) is 101 cm³/mol. The summed E-state index contributed by atoms with van der Waals surface area (Å²) in [6.07, 6.45) is 2.17. The van der Waals surface area contributed by atoms with Crippen molar-refractivity contribution in [2.24, 2.45) is 0 Å². The first-order chi connectivity index (χ1) is 12.9. The number of rotatable bonds is 10. The summed E-state index contributed by atoms with van der Waals surface area (Å²) < 4.78 is 42.8. The summed E-state index contributed by atoms with van der Waals surface area (Å²) in [5.41, 5.74) is 0.667. The number of ether oxygens (including phenoxy) is 2. The SMILES string of the molecule is COc1ccc(S(=O)(=O)NC(CCSC)C(=O)OCc2cc(C)no2)cc1. The summed E-state index contributed by atoms with van der Waals surface area (Å²) in [5.74, 6) is 0.846. The Labute approximate surface area is 162 Å². The van der Waals surface area contributed by atoms with Crippen LogP contribution in [0.5, 0.6) is 5.75 Å². The van der Waals surface area contributed by atoms with Crippen molar-refractivity contribution < 1.29 is 27.2 Å². The van der Waals surface area contributed by atoms with Crippen LogP contribution in [0, 0.1) is 6.92 Å². The van der Waals surface area contributed by atoms with E-state index in [4.69, 9.17) is 14.0 Å². The minimum absolute atomic E-state index is 0.0381. The fourth-order valence-corrected chi connectivity index (χ4v) is 3.89. The van der Waals surface area contributed by atoms with E-state index in [-0.39, 0.29) is 11.5 Å². The Kier molecular flexibility index (Phi) is 7.69. The van der Waals surface area contributed by atoms with Gasteiger partial charge in [-0.3, -0.25) is 4.79 Å². The molecule has 10 heteroatoms. The van der Waals surface area contributed by atoms with Gasteiger partial charge in [-0.1, -0.05) is 5.16 Å². The van der Waals surface area contributed by atoms with E-state index < -0.39 is 22.0 Å². The molecule has 1 N–H and O–H groups in total. The molecule has 1 aromatic carbocycles. The summed E-state index contributed by atoms with van der Waals surface area (Å²) in [6.45, 7) is 1.64. The first-order valence-electron chi connectivity index (χ1n) is 8.10. The van der Waals surface area contributed by atoms with Gasteiger partial charge < -0.3 is 14.0 Å². The molecule has 0 aliphatic carbocycles. The number of benzene rings is 1. The monoisotopic (exact) mass is 414 g/mol.